The average molecular weight is 468 g/mol. The molecule has 3 unspecified atom stereocenters. The summed E-state index contributed by atoms with van der Waals surface area (Å²) in [6.07, 6.45) is 7.00. The number of nitrogens with one attached hydrogen (secondary N) is 4. The minimum atomic E-state index is 0.0448. The van der Waals surface area contributed by atoms with Gasteiger partial charge in [0, 0.05) is 28.5 Å². The Labute approximate surface area is 199 Å². The summed E-state index contributed by atoms with van der Waals surface area (Å²) < 4.78 is 0. The molecule has 33 heavy (non-hydrogen) atoms. The van der Waals surface area contributed by atoms with Crippen LogP contribution in [0.5, 0.6) is 0 Å². The third kappa shape index (κ3) is 6.17. The zero-order chi connectivity index (χ0) is 23.2. The summed E-state index contributed by atoms with van der Waals surface area (Å²) in [7, 11) is 1.79. The van der Waals surface area contributed by atoms with Crippen molar-refractivity contribution in [2.75, 3.05) is 24.2 Å². The number of benzene rings is 1. The SMILES string of the molecule is CCC1CCC(NC(=O)CNC)CC(Nc2nc(Nc3ncc(C)s3)c3ccccc3n2)C1. The first kappa shape index (κ1) is 23.4. The van der Waals surface area contributed by atoms with Gasteiger partial charge in [-0.2, -0.15) is 4.98 Å². The molecule has 0 spiro atoms. The summed E-state index contributed by atoms with van der Waals surface area (Å²) >= 11 is 1.60. The molecule has 0 bridgehead atoms. The first-order valence-electron chi connectivity index (χ1n) is 11.7. The second kappa shape index (κ2) is 10.9. The molecule has 4 N–H and O–H groups in total. The molecule has 4 rings (SSSR count). The van der Waals surface area contributed by atoms with E-state index in [9.17, 15) is 4.79 Å². The van der Waals surface area contributed by atoms with Crippen molar-refractivity contribution in [1.29, 1.82) is 0 Å². The van der Waals surface area contributed by atoms with Gasteiger partial charge in [-0.05, 0) is 57.7 Å². The van der Waals surface area contributed by atoms with Gasteiger partial charge in [-0.15, -0.1) is 11.3 Å². The lowest BCUT2D eigenvalue weighted by atomic mass is 9.96. The Bertz CT molecular complexity index is 1090. The van der Waals surface area contributed by atoms with Crippen LogP contribution < -0.4 is 21.3 Å². The van der Waals surface area contributed by atoms with Gasteiger partial charge in [0.05, 0.1) is 12.1 Å². The first-order valence-corrected chi connectivity index (χ1v) is 12.5. The third-order valence-electron chi connectivity index (χ3n) is 6.17. The Kier molecular flexibility index (Phi) is 7.72. The molecule has 3 aromatic rings. The second-order valence-electron chi connectivity index (χ2n) is 8.77. The van der Waals surface area contributed by atoms with E-state index in [1.807, 2.05) is 37.4 Å². The molecule has 0 saturated heterocycles. The number of anilines is 3. The van der Waals surface area contributed by atoms with Crippen LogP contribution in [0.4, 0.5) is 16.9 Å². The molecule has 0 radical (unpaired) electrons. The van der Waals surface area contributed by atoms with Crippen molar-refractivity contribution < 1.29 is 4.79 Å². The van der Waals surface area contributed by atoms with Crippen LogP contribution in [-0.4, -0.2) is 46.5 Å². The topological polar surface area (TPSA) is 104 Å². The van der Waals surface area contributed by atoms with Gasteiger partial charge < -0.3 is 21.3 Å². The smallest absolute Gasteiger partial charge is 0.234 e. The van der Waals surface area contributed by atoms with Gasteiger partial charge in [-0.25, -0.2) is 9.97 Å². The fraction of sp³-hybridized carbons (Fsp3) is 0.500. The van der Waals surface area contributed by atoms with Gasteiger partial charge in [-0.3, -0.25) is 4.79 Å². The van der Waals surface area contributed by atoms with Gasteiger partial charge >= 0.3 is 0 Å². The number of amides is 1. The second-order valence-corrected chi connectivity index (χ2v) is 10.0. The average Bonchev–Trinajstić information content (AvgIpc) is 3.10. The molecule has 176 valence electrons. The highest BCUT2D eigenvalue weighted by Gasteiger charge is 2.27. The van der Waals surface area contributed by atoms with Crippen LogP contribution in [0.1, 0.15) is 43.9 Å². The van der Waals surface area contributed by atoms with E-state index in [1.165, 1.54) is 0 Å². The van der Waals surface area contributed by atoms with Crippen molar-refractivity contribution >= 4 is 45.0 Å². The van der Waals surface area contributed by atoms with E-state index in [0.29, 0.717) is 18.4 Å². The quantitative estimate of drug-likeness (QED) is 0.368. The summed E-state index contributed by atoms with van der Waals surface area (Å²) in [6.45, 7) is 4.62. The molecule has 1 saturated carbocycles. The number of rotatable bonds is 8. The molecular formula is C24H33N7OS. The molecule has 1 aromatic carbocycles. The lowest BCUT2D eigenvalue weighted by Gasteiger charge is -2.23. The largest absolute Gasteiger partial charge is 0.352 e. The fourth-order valence-corrected chi connectivity index (χ4v) is 5.17. The monoisotopic (exact) mass is 467 g/mol. The number of thiazole rings is 1. The zero-order valence-electron chi connectivity index (χ0n) is 19.5. The maximum Gasteiger partial charge on any atom is 0.234 e. The van der Waals surface area contributed by atoms with Crippen molar-refractivity contribution in [3.63, 3.8) is 0 Å². The van der Waals surface area contributed by atoms with Gasteiger partial charge in [0.25, 0.3) is 0 Å². The molecule has 0 aliphatic heterocycles. The van der Waals surface area contributed by atoms with Gasteiger partial charge in [-0.1, -0.05) is 25.5 Å². The highest BCUT2D eigenvalue weighted by atomic mass is 32.1. The number of para-hydroxylation sites is 1. The van der Waals surface area contributed by atoms with Crippen LogP contribution >= 0.6 is 11.3 Å². The van der Waals surface area contributed by atoms with E-state index in [-0.39, 0.29) is 18.0 Å². The Morgan fingerprint density at radius 1 is 1.15 bits per heavy atom. The van der Waals surface area contributed by atoms with Crippen LogP contribution in [0, 0.1) is 12.8 Å². The van der Waals surface area contributed by atoms with E-state index >= 15 is 0 Å². The van der Waals surface area contributed by atoms with Gasteiger partial charge in [0.2, 0.25) is 11.9 Å². The molecule has 3 atom stereocenters. The highest BCUT2D eigenvalue weighted by molar-refractivity contribution is 7.15. The predicted octanol–water partition coefficient (Wildman–Crippen LogP) is 4.22. The van der Waals surface area contributed by atoms with Crippen LogP contribution in [0.15, 0.2) is 30.5 Å². The lowest BCUT2D eigenvalue weighted by molar-refractivity contribution is -0.120. The van der Waals surface area contributed by atoms with Crippen molar-refractivity contribution in [2.24, 2.45) is 5.92 Å². The van der Waals surface area contributed by atoms with E-state index < -0.39 is 0 Å². The Balaban J connectivity index is 1.57. The van der Waals surface area contributed by atoms with Crippen LogP contribution in [0.25, 0.3) is 10.9 Å². The first-order chi connectivity index (χ1) is 16.0. The number of nitrogens with zero attached hydrogens (tertiary/aromatic N) is 3. The molecule has 9 heteroatoms. The molecule has 1 fully saturated rings. The minimum absolute atomic E-state index is 0.0448. The molecule has 2 aromatic heterocycles. The van der Waals surface area contributed by atoms with Crippen molar-refractivity contribution in [3.8, 4) is 0 Å². The zero-order valence-corrected chi connectivity index (χ0v) is 20.3. The Morgan fingerprint density at radius 2 is 2.00 bits per heavy atom. The fourth-order valence-electron chi connectivity index (χ4n) is 4.51. The molecule has 2 heterocycles. The number of likely N-dealkylation sites (N-methyl/N-ethyl adjacent to an activating group) is 1. The molecule has 1 aliphatic rings. The van der Waals surface area contributed by atoms with Crippen LogP contribution in [-0.2, 0) is 4.79 Å². The number of fused-ring (bicyclic) bond motifs is 1. The summed E-state index contributed by atoms with van der Waals surface area (Å²) in [4.78, 5) is 27.4. The molecule has 8 nitrogen and oxygen atoms in total. The maximum atomic E-state index is 12.2. The number of aryl methyl sites for hydroxylation is 1. The van der Waals surface area contributed by atoms with E-state index in [4.69, 9.17) is 9.97 Å². The number of aromatic nitrogens is 3. The lowest BCUT2D eigenvalue weighted by Crippen LogP contribution is -2.41. The maximum absolute atomic E-state index is 12.2. The van der Waals surface area contributed by atoms with E-state index in [2.05, 4.69) is 33.2 Å². The van der Waals surface area contributed by atoms with Crippen LogP contribution in [0.3, 0.4) is 0 Å². The predicted molar refractivity (Wildman–Crippen MR) is 135 cm³/mol. The highest BCUT2D eigenvalue weighted by Crippen LogP contribution is 2.30. The van der Waals surface area contributed by atoms with Gasteiger partial charge in [0.15, 0.2) is 5.13 Å². The summed E-state index contributed by atoms with van der Waals surface area (Å²) in [5, 5.41) is 14.9. The third-order valence-corrected chi connectivity index (χ3v) is 7.00. The number of carbonyl (C=O) groups is 1. The summed E-state index contributed by atoms with van der Waals surface area (Å²) in [6, 6.07) is 8.34. The Morgan fingerprint density at radius 3 is 2.76 bits per heavy atom. The standard InChI is InChI=1S/C24H33N7OS/c1-4-16-9-10-17(27-21(32)14-25-3)12-18(11-16)28-23-29-20-8-6-5-7-19(20)22(30-23)31-24-26-13-15(2)33-24/h5-8,13,16-18,25H,4,9-12,14H2,1-3H3,(H,27,32)(H2,26,28,29,30,31). The molecule has 1 aliphatic carbocycles. The van der Waals surface area contributed by atoms with Gasteiger partial charge in [0.1, 0.15) is 5.82 Å². The number of hydrogen-bond donors (Lipinski definition) is 4. The van der Waals surface area contributed by atoms with Crippen molar-refractivity contribution in [3.05, 3.63) is 35.3 Å². The van der Waals surface area contributed by atoms with E-state index in [0.717, 1.165) is 58.8 Å². The Hall–Kier alpha value is -2.78. The van der Waals surface area contributed by atoms with E-state index in [1.54, 1.807) is 18.4 Å². The normalized spacial score (nSPS) is 20.9. The number of hydrogen-bond acceptors (Lipinski definition) is 8. The van der Waals surface area contributed by atoms with Crippen molar-refractivity contribution in [1.82, 2.24) is 25.6 Å². The molecule has 1 amide bonds. The van der Waals surface area contributed by atoms with Crippen LogP contribution in [0.2, 0.25) is 0 Å². The minimum Gasteiger partial charge on any atom is -0.352 e. The summed E-state index contributed by atoms with van der Waals surface area (Å²) in [5.74, 6) is 2.01. The molecular weight excluding hydrogens is 434 g/mol. The summed E-state index contributed by atoms with van der Waals surface area (Å²) in [5.41, 5.74) is 0.880. The number of carbonyl (C=O) groups excluding carboxylic acids is 1. The van der Waals surface area contributed by atoms with Crippen molar-refractivity contribution in [2.45, 2.75) is 58.0 Å².